The lowest BCUT2D eigenvalue weighted by Crippen LogP contribution is -2.02. The van der Waals surface area contributed by atoms with Gasteiger partial charge in [0.2, 0.25) is 12.2 Å². The molecular formula is C11H11FN2O3. The summed E-state index contributed by atoms with van der Waals surface area (Å²) >= 11 is 0. The number of ether oxygens (including phenoxy) is 1. The lowest BCUT2D eigenvalue weighted by molar-refractivity contribution is 0.189. The molecule has 17 heavy (non-hydrogen) atoms. The van der Waals surface area contributed by atoms with E-state index in [-0.39, 0.29) is 12.4 Å². The Kier molecular flexibility index (Phi) is 3.34. The predicted molar refractivity (Wildman–Crippen MR) is 55.7 cm³/mol. The first kappa shape index (κ1) is 11.5. The summed E-state index contributed by atoms with van der Waals surface area (Å²) < 4.78 is 22.9. The largest absolute Gasteiger partial charge is 0.485 e. The fourth-order valence-corrected chi connectivity index (χ4v) is 1.38. The van der Waals surface area contributed by atoms with Crippen LogP contribution in [0.15, 0.2) is 29.1 Å². The molecule has 1 aromatic carbocycles. The van der Waals surface area contributed by atoms with Crippen LogP contribution >= 0.6 is 0 Å². The second-order valence-electron chi connectivity index (χ2n) is 3.49. The van der Waals surface area contributed by atoms with Crippen molar-refractivity contribution in [3.8, 4) is 5.75 Å². The molecule has 0 saturated heterocycles. The molecule has 1 N–H and O–H groups in total. The Bertz CT molecular complexity index is 485. The third-order valence-corrected chi connectivity index (χ3v) is 2.19. The van der Waals surface area contributed by atoms with Crippen molar-refractivity contribution in [2.24, 2.45) is 0 Å². The van der Waals surface area contributed by atoms with Crippen molar-refractivity contribution in [3.05, 3.63) is 41.8 Å². The molecule has 5 nitrogen and oxygen atoms in total. The smallest absolute Gasteiger partial charge is 0.213 e. The SMILES string of the molecule is C[C@H](O)c1ccc(F)cc1OCc1ncon1. The van der Waals surface area contributed by atoms with Crippen LogP contribution in [0.2, 0.25) is 0 Å². The zero-order valence-corrected chi connectivity index (χ0v) is 9.13. The Morgan fingerprint density at radius 1 is 1.53 bits per heavy atom. The standard InChI is InChI=1S/C11H11FN2O3/c1-7(15)9-3-2-8(12)4-10(9)16-5-11-13-6-17-14-11/h2-4,6-7,15H,5H2,1H3/t7-/m0/s1. The number of benzene rings is 1. The molecule has 6 heteroatoms. The van der Waals surface area contributed by atoms with Crippen LogP contribution in [-0.4, -0.2) is 15.2 Å². The maximum absolute atomic E-state index is 13.1. The third-order valence-electron chi connectivity index (χ3n) is 2.19. The molecule has 0 aliphatic carbocycles. The number of aliphatic hydroxyl groups is 1. The molecule has 90 valence electrons. The van der Waals surface area contributed by atoms with Gasteiger partial charge in [-0.1, -0.05) is 5.16 Å². The summed E-state index contributed by atoms with van der Waals surface area (Å²) in [5.74, 6) is 0.188. The molecule has 0 saturated carbocycles. The van der Waals surface area contributed by atoms with E-state index in [2.05, 4.69) is 14.7 Å². The summed E-state index contributed by atoms with van der Waals surface area (Å²) in [5, 5.41) is 13.1. The summed E-state index contributed by atoms with van der Waals surface area (Å²) in [6.07, 6.45) is 0.440. The molecule has 0 radical (unpaired) electrons. The predicted octanol–water partition coefficient (Wildman–Crippen LogP) is 1.84. The summed E-state index contributed by atoms with van der Waals surface area (Å²) in [6, 6.07) is 3.96. The molecule has 2 rings (SSSR count). The summed E-state index contributed by atoms with van der Waals surface area (Å²) in [4.78, 5) is 3.77. The molecule has 0 spiro atoms. The lowest BCUT2D eigenvalue weighted by atomic mass is 10.1. The second kappa shape index (κ2) is 4.92. The van der Waals surface area contributed by atoms with E-state index >= 15 is 0 Å². The van der Waals surface area contributed by atoms with Gasteiger partial charge in [0.05, 0.1) is 6.10 Å². The fourth-order valence-electron chi connectivity index (χ4n) is 1.38. The maximum atomic E-state index is 13.1. The number of nitrogens with zero attached hydrogens (tertiary/aromatic N) is 2. The van der Waals surface area contributed by atoms with Gasteiger partial charge in [0.15, 0.2) is 6.61 Å². The molecule has 0 bridgehead atoms. The van der Waals surface area contributed by atoms with Crippen LogP contribution in [-0.2, 0) is 6.61 Å². The number of aromatic nitrogens is 2. The monoisotopic (exact) mass is 238 g/mol. The minimum absolute atomic E-state index is 0.0552. The van der Waals surface area contributed by atoms with Crippen LogP contribution in [0.1, 0.15) is 24.4 Å². The first-order valence-corrected chi connectivity index (χ1v) is 5.02. The van der Waals surface area contributed by atoms with Gasteiger partial charge in [-0.15, -0.1) is 0 Å². The molecular weight excluding hydrogens is 227 g/mol. The van der Waals surface area contributed by atoms with E-state index in [1.165, 1.54) is 24.6 Å². The van der Waals surface area contributed by atoms with E-state index in [0.29, 0.717) is 11.4 Å². The Morgan fingerprint density at radius 2 is 2.35 bits per heavy atom. The van der Waals surface area contributed by atoms with E-state index in [0.717, 1.165) is 0 Å². The van der Waals surface area contributed by atoms with Gasteiger partial charge in [-0.2, -0.15) is 4.98 Å². The number of aliphatic hydroxyl groups excluding tert-OH is 1. The highest BCUT2D eigenvalue weighted by Crippen LogP contribution is 2.26. The average molecular weight is 238 g/mol. The topological polar surface area (TPSA) is 68.4 Å². The summed E-state index contributed by atoms with van der Waals surface area (Å²) in [6.45, 7) is 1.63. The Labute approximate surface area is 96.8 Å². The molecule has 0 unspecified atom stereocenters. The van der Waals surface area contributed by atoms with Crippen LogP contribution in [0.3, 0.4) is 0 Å². The maximum Gasteiger partial charge on any atom is 0.213 e. The van der Waals surface area contributed by atoms with Gasteiger partial charge in [-0.05, 0) is 19.1 Å². The molecule has 2 aromatic rings. The zero-order chi connectivity index (χ0) is 12.3. The van der Waals surface area contributed by atoms with Gasteiger partial charge in [0, 0.05) is 11.6 Å². The van der Waals surface area contributed by atoms with Gasteiger partial charge >= 0.3 is 0 Å². The first-order chi connectivity index (χ1) is 8.16. The average Bonchev–Trinajstić information content (AvgIpc) is 2.78. The van der Waals surface area contributed by atoms with Crippen molar-refractivity contribution in [2.75, 3.05) is 0 Å². The van der Waals surface area contributed by atoms with Gasteiger partial charge in [0.1, 0.15) is 11.6 Å². The van der Waals surface area contributed by atoms with Crippen molar-refractivity contribution < 1.29 is 18.8 Å². The Balaban J connectivity index is 2.16. The number of hydrogen-bond acceptors (Lipinski definition) is 5. The van der Waals surface area contributed by atoms with Gasteiger partial charge in [0.25, 0.3) is 0 Å². The third kappa shape index (κ3) is 2.79. The molecule has 0 fully saturated rings. The molecule has 0 aliphatic rings. The van der Waals surface area contributed by atoms with Crippen LogP contribution < -0.4 is 4.74 Å². The van der Waals surface area contributed by atoms with Crippen LogP contribution in [0, 0.1) is 5.82 Å². The summed E-state index contributed by atoms with van der Waals surface area (Å²) in [7, 11) is 0. The number of rotatable bonds is 4. The van der Waals surface area contributed by atoms with Gasteiger partial charge in [-0.3, -0.25) is 0 Å². The Hall–Kier alpha value is -1.95. The van der Waals surface area contributed by atoms with E-state index in [1.54, 1.807) is 6.92 Å². The number of halogens is 1. The molecule has 1 atom stereocenters. The highest BCUT2D eigenvalue weighted by molar-refractivity contribution is 5.35. The lowest BCUT2D eigenvalue weighted by Gasteiger charge is -2.12. The second-order valence-corrected chi connectivity index (χ2v) is 3.49. The Morgan fingerprint density at radius 3 is 3.00 bits per heavy atom. The van der Waals surface area contributed by atoms with Gasteiger partial charge in [-0.25, -0.2) is 4.39 Å². The van der Waals surface area contributed by atoms with E-state index in [4.69, 9.17) is 4.74 Å². The number of hydrogen-bond donors (Lipinski definition) is 1. The van der Waals surface area contributed by atoms with Crippen molar-refractivity contribution in [2.45, 2.75) is 19.6 Å². The normalized spacial score (nSPS) is 12.4. The highest BCUT2D eigenvalue weighted by Gasteiger charge is 2.11. The van der Waals surface area contributed by atoms with E-state index in [9.17, 15) is 9.50 Å². The first-order valence-electron chi connectivity index (χ1n) is 5.02. The minimum Gasteiger partial charge on any atom is -0.485 e. The van der Waals surface area contributed by atoms with Gasteiger partial charge < -0.3 is 14.4 Å². The molecule has 0 aliphatic heterocycles. The minimum atomic E-state index is -0.740. The quantitative estimate of drug-likeness (QED) is 0.880. The molecule has 0 amide bonds. The van der Waals surface area contributed by atoms with Crippen molar-refractivity contribution in [3.63, 3.8) is 0 Å². The van der Waals surface area contributed by atoms with Crippen molar-refractivity contribution in [1.29, 1.82) is 0 Å². The van der Waals surface area contributed by atoms with Crippen LogP contribution in [0.4, 0.5) is 4.39 Å². The van der Waals surface area contributed by atoms with Crippen molar-refractivity contribution in [1.82, 2.24) is 10.1 Å². The van der Waals surface area contributed by atoms with Crippen molar-refractivity contribution >= 4 is 0 Å². The summed E-state index contributed by atoms with van der Waals surface area (Å²) in [5.41, 5.74) is 0.509. The molecule has 1 heterocycles. The van der Waals surface area contributed by atoms with Crippen LogP contribution in [0.5, 0.6) is 5.75 Å². The molecule has 1 aromatic heterocycles. The van der Waals surface area contributed by atoms with E-state index < -0.39 is 11.9 Å². The fraction of sp³-hybridized carbons (Fsp3) is 0.273. The van der Waals surface area contributed by atoms with E-state index in [1.807, 2.05) is 0 Å². The zero-order valence-electron chi connectivity index (χ0n) is 9.13. The van der Waals surface area contributed by atoms with Crippen LogP contribution in [0.25, 0.3) is 0 Å². The highest BCUT2D eigenvalue weighted by atomic mass is 19.1.